The summed E-state index contributed by atoms with van der Waals surface area (Å²) in [5, 5.41) is 8.72. The minimum absolute atomic E-state index is 0.0392. The van der Waals surface area contributed by atoms with Gasteiger partial charge in [0.1, 0.15) is 0 Å². The van der Waals surface area contributed by atoms with E-state index in [9.17, 15) is 4.79 Å². The Morgan fingerprint density at radius 1 is 1.24 bits per heavy atom. The second kappa shape index (κ2) is 9.16. The second-order valence-corrected chi connectivity index (χ2v) is 7.81. The average Bonchev–Trinajstić information content (AvgIpc) is 3.20. The normalized spacial score (nSPS) is 16.5. The molecule has 3 rings (SSSR count). The van der Waals surface area contributed by atoms with E-state index >= 15 is 0 Å². The fourth-order valence-corrected chi connectivity index (χ4v) is 4.18. The molecule has 1 aromatic heterocycles. The molecular weight excluding hydrogens is 328 g/mol. The van der Waals surface area contributed by atoms with Crippen molar-refractivity contribution in [1.29, 1.82) is 0 Å². The van der Waals surface area contributed by atoms with Crippen LogP contribution in [0.5, 0.6) is 0 Å². The van der Waals surface area contributed by atoms with E-state index in [-0.39, 0.29) is 17.9 Å². The van der Waals surface area contributed by atoms with Gasteiger partial charge in [0.2, 0.25) is 5.91 Å². The van der Waals surface area contributed by atoms with Gasteiger partial charge >= 0.3 is 0 Å². The smallest absolute Gasteiger partial charge is 0.223 e. The number of hydrogen-bond acceptors (Lipinski definition) is 3. The van der Waals surface area contributed by atoms with E-state index in [1.54, 1.807) is 11.3 Å². The molecule has 1 atom stereocenters. The quantitative estimate of drug-likeness (QED) is 0.777. The minimum Gasteiger partial charge on any atom is -0.344 e. The molecule has 0 aliphatic carbocycles. The molecule has 134 valence electrons. The lowest BCUT2D eigenvalue weighted by atomic mass is 9.95. The first kappa shape index (κ1) is 18.2. The maximum atomic E-state index is 12.8. The van der Waals surface area contributed by atoms with Gasteiger partial charge in [0.05, 0.1) is 6.04 Å². The third-order valence-electron chi connectivity index (χ3n) is 4.96. The molecule has 1 aliphatic rings. The van der Waals surface area contributed by atoms with Crippen LogP contribution < -0.4 is 10.6 Å². The number of benzene rings is 1. The van der Waals surface area contributed by atoms with Gasteiger partial charge in [0, 0.05) is 10.8 Å². The van der Waals surface area contributed by atoms with Crippen LogP contribution in [-0.4, -0.2) is 19.0 Å². The van der Waals surface area contributed by atoms with Crippen LogP contribution in [0.4, 0.5) is 0 Å². The van der Waals surface area contributed by atoms with Crippen molar-refractivity contribution >= 4 is 17.2 Å². The zero-order valence-electron chi connectivity index (χ0n) is 15.0. The van der Waals surface area contributed by atoms with Gasteiger partial charge in [-0.15, -0.1) is 11.3 Å². The molecule has 1 saturated heterocycles. The van der Waals surface area contributed by atoms with E-state index in [0.717, 1.165) is 32.4 Å². The van der Waals surface area contributed by atoms with E-state index in [1.807, 2.05) is 0 Å². The van der Waals surface area contributed by atoms with E-state index in [0.29, 0.717) is 0 Å². The molecular formula is C21H28N2OS. The summed E-state index contributed by atoms with van der Waals surface area (Å²) in [5.41, 5.74) is 2.55. The molecule has 3 nitrogen and oxygen atoms in total. The van der Waals surface area contributed by atoms with Gasteiger partial charge in [0.15, 0.2) is 0 Å². The summed E-state index contributed by atoms with van der Waals surface area (Å²) in [6.07, 6.45) is 5.42. The lowest BCUT2D eigenvalue weighted by Gasteiger charge is -2.25. The molecule has 0 saturated carbocycles. The molecule has 1 fully saturated rings. The van der Waals surface area contributed by atoms with Crippen LogP contribution in [0.3, 0.4) is 0 Å². The highest BCUT2D eigenvalue weighted by molar-refractivity contribution is 7.10. The topological polar surface area (TPSA) is 41.1 Å². The molecule has 2 heterocycles. The third-order valence-corrected chi connectivity index (χ3v) is 5.89. The summed E-state index contributed by atoms with van der Waals surface area (Å²) in [7, 11) is 0. The number of aryl methyl sites for hydroxylation is 1. The molecule has 1 aliphatic heterocycles. The molecule has 4 heteroatoms. The number of carbonyl (C=O) groups excluding carboxylic acids is 1. The van der Waals surface area contributed by atoms with Crippen LogP contribution in [-0.2, 0) is 11.2 Å². The van der Waals surface area contributed by atoms with Crippen LogP contribution in [0.25, 0.3) is 0 Å². The Hall–Kier alpha value is -1.65. The molecule has 0 spiro atoms. The molecule has 0 bridgehead atoms. The molecule has 25 heavy (non-hydrogen) atoms. The van der Waals surface area contributed by atoms with E-state index < -0.39 is 0 Å². The fourth-order valence-electron chi connectivity index (χ4n) is 3.38. The van der Waals surface area contributed by atoms with Crippen molar-refractivity contribution in [2.45, 2.75) is 45.1 Å². The molecule has 1 aromatic carbocycles. The van der Waals surface area contributed by atoms with Crippen molar-refractivity contribution in [3.05, 3.63) is 57.8 Å². The predicted octanol–water partition coefficient (Wildman–Crippen LogP) is 4.30. The number of rotatable bonds is 7. The SMILES string of the molecule is CCCCc1ccc(C(NC(=O)C2CCNCC2)c2cccs2)cc1. The van der Waals surface area contributed by atoms with Gasteiger partial charge < -0.3 is 10.6 Å². The number of thiophene rings is 1. The Labute approximate surface area is 154 Å². The highest BCUT2D eigenvalue weighted by Gasteiger charge is 2.25. The number of amides is 1. The van der Waals surface area contributed by atoms with Gasteiger partial charge in [-0.3, -0.25) is 4.79 Å². The molecule has 0 radical (unpaired) electrons. The maximum absolute atomic E-state index is 12.8. The summed E-state index contributed by atoms with van der Waals surface area (Å²) in [4.78, 5) is 13.9. The summed E-state index contributed by atoms with van der Waals surface area (Å²) < 4.78 is 0. The Morgan fingerprint density at radius 3 is 2.64 bits per heavy atom. The molecule has 1 amide bonds. The first-order valence-electron chi connectivity index (χ1n) is 9.41. The summed E-state index contributed by atoms with van der Waals surface area (Å²) in [6.45, 7) is 4.10. The van der Waals surface area contributed by atoms with Crippen molar-refractivity contribution < 1.29 is 4.79 Å². The average molecular weight is 357 g/mol. The fraction of sp³-hybridized carbons (Fsp3) is 0.476. The number of unbranched alkanes of at least 4 members (excludes halogenated alkanes) is 1. The van der Waals surface area contributed by atoms with Gasteiger partial charge in [-0.2, -0.15) is 0 Å². The second-order valence-electron chi connectivity index (χ2n) is 6.83. The molecule has 2 N–H and O–H groups in total. The summed E-state index contributed by atoms with van der Waals surface area (Å²) >= 11 is 1.71. The van der Waals surface area contributed by atoms with Gasteiger partial charge in [-0.1, -0.05) is 43.7 Å². The van der Waals surface area contributed by atoms with Gasteiger partial charge in [-0.05, 0) is 61.3 Å². The van der Waals surface area contributed by atoms with Gasteiger partial charge in [-0.25, -0.2) is 0 Å². The Balaban J connectivity index is 1.74. The minimum atomic E-state index is -0.0392. The number of piperidine rings is 1. The van der Waals surface area contributed by atoms with E-state index in [2.05, 4.69) is 59.3 Å². The van der Waals surface area contributed by atoms with E-state index in [1.165, 1.54) is 28.8 Å². The van der Waals surface area contributed by atoms with Crippen LogP contribution in [0.1, 0.15) is 54.7 Å². The zero-order valence-corrected chi connectivity index (χ0v) is 15.8. The van der Waals surface area contributed by atoms with Crippen LogP contribution in [0, 0.1) is 5.92 Å². The lowest BCUT2D eigenvalue weighted by molar-refractivity contribution is -0.126. The predicted molar refractivity (Wildman–Crippen MR) is 105 cm³/mol. The number of hydrogen-bond donors (Lipinski definition) is 2. The van der Waals surface area contributed by atoms with Crippen molar-refractivity contribution in [2.75, 3.05) is 13.1 Å². The van der Waals surface area contributed by atoms with Gasteiger partial charge in [0.25, 0.3) is 0 Å². The largest absolute Gasteiger partial charge is 0.344 e. The standard InChI is InChI=1S/C21H28N2OS/c1-2-3-5-16-7-9-17(10-8-16)20(19-6-4-15-25-19)23-21(24)18-11-13-22-14-12-18/h4,6-10,15,18,20,22H,2-3,5,11-14H2,1H3,(H,23,24). The van der Waals surface area contributed by atoms with E-state index in [4.69, 9.17) is 0 Å². The first-order chi connectivity index (χ1) is 12.3. The third kappa shape index (κ3) is 4.93. The van der Waals surface area contributed by atoms with Crippen molar-refractivity contribution in [2.24, 2.45) is 5.92 Å². The summed E-state index contributed by atoms with van der Waals surface area (Å²) in [6, 6.07) is 12.9. The molecule has 1 unspecified atom stereocenters. The van der Waals surface area contributed by atoms with Crippen molar-refractivity contribution in [3.8, 4) is 0 Å². The van der Waals surface area contributed by atoms with Crippen LogP contribution >= 0.6 is 11.3 Å². The Kier molecular flexibility index (Phi) is 6.65. The highest BCUT2D eigenvalue weighted by Crippen LogP contribution is 2.27. The number of carbonyl (C=O) groups is 1. The van der Waals surface area contributed by atoms with Crippen molar-refractivity contribution in [1.82, 2.24) is 10.6 Å². The summed E-state index contributed by atoms with van der Waals surface area (Å²) in [5.74, 6) is 0.322. The number of nitrogens with one attached hydrogen (secondary N) is 2. The lowest BCUT2D eigenvalue weighted by Crippen LogP contribution is -2.39. The van der Waals surface area contributed by atoms with Crippen LogP contribution in [0.15, 0.2) is 41.8 Å². The first-order valence-corrected chi connectivity index (χ1v) is 10.3. The van der Waals surface area contributed by atoms with Crippen LogP contribution in [0.2, 0.25) is 0 Å². The zero-order chi connectivity index (χ0) is 17.5. The molecule has 2 aromatic rings. The Bertz CT molecular complexity index is 645. The van der Waals surface area contributed by atoms with Crippen molar-refractivity contribution in [3.63, 3.8) is 0 Å². The highest BCUT2D eigenvalue weighted by atomic mass is 32.1. The maximum Gasteiger partial charge on any atom is 0.223 e. The Morgan fingerprint density at radius 2 is 2.00 bits per heavy atom. The monoisotopic (exact) mass is 356 g/mol.